The summed E-state index contributed by atoms with van der Waals surface area (Å²) in [5.74, 6) is 0. The van der Waals surface area contributed by atoms with E-state index in [9.17, 15) is 4.79 Å². The van der Waals surface area contributed by atoms with Gasteiger partial charge in [0.05, 0.1) is 18.2 Å². The first kappa shape index (κ1) is 18.7. The van der Waals surface area contributed by atoms with Gasteiger partial charge in [-0.2, -0.15) is 5.26 Å². The highest BCUT2D eigenvalue weighted by Gasteiger charge is 2.20. The Morgan fingerprint density at radius 2 is 1.86 bits per heavy atom. The summed E-state index contributed by atoms with van der Waals surface area (Å²) < 4.78 is 2.83. The fraction of sp³-hybridized carbons (Fsp3) is 0.217. The molecule has 1 aliphatic heterocycles. The molecule has 140 valence electrons. The molecule has 5 heteroatoms. The van der Waals surface area contributed by atoms with Crippen LogP contribution in [0.1, 0.15) is 27.8 Å². The van der Waals surface area contributed by atoms with Crippen LogP contribution in [0.25, 0.3) is 0 Å². The molecule has 0 atom stereocenters. The van der Waals surface area contributed by atoms with Gasteiger partial charge in [-0.05, 0) is 53.4 Å². The first-order valence-corrected chi connectivity index (χ1v) is 10.1. The van der Waals surface area contributed by atoms with E-state index in [1.807, 2.05) is 54.7 Å². The third-order valence-corrected chi connectivity index (χ3v) is 5.70. The lowest BCUT2D eigenvalue weighted by Gasteiger charge is -2.28. The van der Waals surface area contributed by atoms with Crippen LogP contribution in [-0.2, 0) is 26.1 Å². The SMILES string of the molecule is N#Cc1cccc(CN2CCc3ccn(Cc4ccc(Br)cc4)c(=O)c3C2)c1. The van der Waals surface area contributed by atoms with E-state index >= 15 is 0 Å². The number of nitriles is 1. The minimum Gasteiger partial charge on any atom is -0.311 e. The standard InChI is InChI=1S/C23H20BrN3O/c24-21-6-4-17(5-7-21)15-27-11-9-20-8-10-26(16-22(20)23(27)28)14-19-3-1-2-18(12-19)13-25/h1-7,9,11-12H,8,10,14-16H2. The van der Waals surface area contributed by atoms with E-state index in [0.29, 0.717) is 18.7 Å². The third kappa shape index (κ3) is 4.09. The van der Waals surface area contributed by atoms with Crippen LogP contribution in [0.15, 0.2) is 70.1 Å². The zero-order valence-electron chi connectivity index (χ0n) is 15.4. The summed E-state index contributed by atoms with van der Waals surface area (Å²) in [4.78, 5) is 15.3. The number of nitrogens with zero attached hydrogens (tertiary/aromatic N) is 3. The van der Waals surface area contributed by atoms with Gasteiger partial charge in [0.2, 0.25) is 0 Å². The first-order valence-electron chi connectivity index (χ1n) is 9.29. The van der Waals surface area contributed by atoms with Crippen LogP contribution >= 0.6 is 15.9 Å². The molecule has 0 unspecified atom stereocenters. The topological polar surface area (TPSA) is 49.0 Å². The second-order valence-electron chi connectivity index (χ2n) is 7.15. The third-order valence-electron chi connectivity index (χ3n) is 5.17. The number of aromatic nitrogens is 1. The minimum atomic E-state index is 0.0934. The second kappa shape index (κ2) is 8.14. The number of halogens is 1. The summed E-state index contributed by atoms with van der Waals surface area (Å²) in [6.45, 7) is 2.88. The van der Waals surface area contributed by atoms with Gasteiger partial charge in [-0.1, -0.05) is 40.2 Å². The Bertz CT molecular complexity index is 1100. The van der Waals surface area contributed by atoms with Gasteiger partial charge in [-0.25, -0.2) is 0 Å². The lowest BCUT2D eigenvalue weighted by atomic mass is 10.0. The Balaban J connectivity index is 1.54. The van der Waals surface area contributed by atoms with Gasteiger partial charge < -0.3 is 4.57 Å². The van der Waals surface area contributed by atoms with Crippen molar-refractivity contribution in [1.82, 2.24) is 9.47 Å². The predicted molar refractivity (Wildman–Crippen MR) is 113 cm³/mol. The molecular weight excluding hydrogens is 414 g/mol. The Hall–Kier alpha value is -2.68. The van der Waals surface area contributed by atoms with Crippen molar-refractivity contribution in [2.75, 3.05) is 6.54 Å². The number of hydrogen-bond acceptors (Lipinski definition) is 3. The van der Waals surface area contributed by atoms with Crippen molar-refractivity contribution in [3.05, 3.63) is 103 Å². The Morgan fingerprint density at radius 3 is 2.64 bits per heavy atom. The summed E-state index contributed by atoms with van der Waals surface area (Å²) in [6.07, 6.45) is 2.79. The molecule has 0 saturated heterocycles. The average molecular weight is 434 g/mol. The number of fused-ring (bicyclic) bond motifs is 1. The molecule has 2 heterocycles. The van der Waals surface area contributed by atoms with E-state index in [2.05, 4.69) is 33.0 Å². The molecule has 4 nitrogen and oxygen atoms in total. The summed E-state index contributed by atoms with van der Waals surface area (Å²) in [7, 11) is 0. The normalized spacial score (nSPS) is 13.7. The van der Waals surface area contributed by atoms with Gasteiger partial charge >= 0.3 is 0 Å². The van der Waals surface area contributed by atoms with Gasteiger partial charge in [0.15, 0.2) is 0 Å². The molecule has 2 aromatic carbocycles. The van der Waals surface area contributed by atoms with Crippen LogP contribution < -0.4 is 5.56 Å². The van der Waals surface area contributed by atoms with Gasteiger partial charge in [0.1, 0.15) is 0 Å². The van der Waals surface area contributed by atoms with Gasteiger partial charge in [-0.15, -0.1) is 0 Å². The highest BCUT2D eigenvalue weighted by molar-refractivity contribution is 9.10. The molecule has 0 N–H and O–H groups in total. The molecule has 3 aromatic rings. The van der Waals surface area contributed by atoms with E-state index in [-0.39, 0.29) is 5.56 Å². The molecule has 0 spiro atoms. The van der Waals surface area contributed by atoms with Crippen molar-refractivity contribution in [1.29, 1.82) is 5.26 Å². The molecule has 0 amide bonds. The first-order chi connectivity index (χ1) is 13.6. The van der Waals surface area contributed by atoms with Crippen LogP contribution in [0, 0.1) is 11.3 Å². The van der Waals surface area contributed by atoms with Crippen LogP contribution in [-0.4, -0.2) is 16.0 Å². The van der Waals surface area contributed by atoms with Crippen molar-refractivity contribution in [2.24, 2.45) is 0 Å². The quantitative estimate of drug-likeness (QED) is 0.622. The van der Waals surface area contributed by atoms with E-state index in [0.717, 1.165) is 46.2 Å². The Morgan fingerprint density at radius 1 is 1.04 bits per heavy atom. The molecule has 4 rings (SSSR count). The van der Waals surface area contributed by atoms with Crippen LogP contribution in [0.2, 0.25) is 0 Å². The second-order valence-corrected chi connectivity index (χ2v) is 8.07. The maximum atomic E-state index is 13.1. The van der Waals surface area contributed by atoms with Crippen LogP contribution in [0.4, 0.5) is 0 Å². The van der Waals surface area contributed by atoms with Crippen molar-refractivity contribution >= 4 is 15.9 Å². The maximum absolute atomic E-state index is 13.1. The Labute approximate surface area is 172 Å². The fourth-order valence-electron chi connectivity index (χ4n) is 3.69. The maximum Gasteiger partial charge on any atom is 0.255 e. The summed E-state index contributed by atoms with van der Waals surface area (Å²) >= 11 is 3.45. The lowest BCUT2D eigenvalue weighted by Crippen LogP contribution is -2.36. The average Bonchev–Trinajstić information content (AvgIpc) is 2.72. The molecule has 0 radical (unpaired) electrons. The smallest absolute Gasteiger partial charge is 0.255 e. The molecular formula is C23H20BrN3O. The van der Waals surface area contributed by atoms with Gasteiger partial charge in [0, 0.05) is 35.9 Å². The lowest BCUT2D eigenvalue weighted by molar-refractivity contribution is 0.243. The van der Waals surface area contributed by atoms with Gasteiger partial charge in [-0.3, -0.25) is 9.69 Å². The number of hydrogen-bond donors (Lipinski definition) is 0. The van der Waals surface area contributed by atoms with Crippen molar-refractivity contribution < 1.29 is 0 Å². The number of rotatable bonds is 4. The monoisotopic (exact) mass is 433 g/mol. The molecule has 0 bridgehead atoms. The van der Waals surface area contributed by atoms with Crippen molar-refractivity contribution in [3.63, 3.8) is 0 Å². The van der Waals surface area contributed by atoms with Crippen molar-refractivity contribution in [3.8, 4) is 6.07 Å². The number of benzene rings is 2. The molecule has 0 saturated carbocycles. The number of pyridine rings is 1. The van der Waals surface area contributed by atoms with E-state index in [1.165, 1.54) is 0 Å². The van der Waals surface area contributed by atoms with Crippen LogP contribution in [0.5, 0.6) is 0 Å². The fourth-order valence-corrected chi connectivity index (χ4v) is 3.95. The van der Waals surface area contributed by atoms with E-state index in [1.54, 1.807) is 4.57 Å². The minimum absolute atomic E-state index is 0.0934. The summed E-state index contributed by atoms with van der Waals surface area (Å²) in [5, 5.41) is 9.09. The molecule has 0 fully saturated rings. The van der Waals surface area contributed by atoms with E-state index < -0.39 is 0 Å². The zero-order valence-corrected chi connectivity index (χ0v) is 17.0. The molecule has 1 aromatic heterocycles. The Kier molecular flexibility index (Phi) is 5.43. The van der Waals surface area contributed by atoms with E-state index in [4.69, 9.17) is 5.26 Å². The van der Waals surface area contributed by atoms with Crippen molar-refractivity contribution in [2.45, 2.75) is 26.1 Å². The largest absolute Gasteiger partial charge is 0.311 e. The molecule has 28 heavy (non-hydrogen) atoms. The van der Waals surface area contributed by atoms with Crippen LogP contribution in [0.3, 0.4) is 0 Å². The molecule has 1 aliphatic rings. The summed E-state index contributed by atoms with van der Waals surface area (Å²) in [6, 6.07) is 20.0. The predicted octanol–water partition coefficient (Wildman–Crippen LogP) is 4.09. The van der Waals surface area contributed by atoms with Gasteiger partial charge in [0.25, 0.3) is 5.56 Å². The highest BCUT2D eigenvalue weighted by Crippen LogP contribution is 2.19. The molecule has 0 aliphatic carbocycles. The summed E-state index contributed by atoms with van der Waals surface area (Å²) in [5.41, 5.74) is 5.02. The highest BCUT2D eigenvalue weighted by atomic mass is 79.9. The zero-order chi connectivity index (χ0) is 19.5.